The fourth-order valence-electron chi connectivity index (χ4n) is 13.9. The maximum Gasteiger partial charge on any atom is 0.326 e. The van der Waals surface area contributed by atoms with Gasteiger partial charge in [0.1, 0.15) is 103 Å². The van der Waals surface area contributed by atoms with Crippen molar-refractivity contribution in [2.24, 2.45) is 46.4 Å². The van der Waals surface area contributed by atoms with Crippen LogP contribution in [0.1, 0.15) is 177 Å². The van der Waals surface area contributed by atoms with Crippen molar-refractivity contribution < 1.29 is 166 Å². The molecule has 0 saturated heterocycles. The van der Waals surface area contributed by atoms with Crippen LogP contribution in [-0.4, -0.2) is 366 Å². The fraction of sp³-hybridized carbons (Fsp3) is 0.652. The molecule has 0 aromatic heterocycles. The number of carboxylic acid groups (broad SMARTS) is 5. The predicted molar refractivity (Wildman–Crippen MR) is 526 cm³/mol. The summed E-state index contributed by atoms with van der Waals surface area (Å²) in [5, 5.41) is 131. The average molecular weight is 2150 g/mol. The number of hydrogen-bond acceptors (Lipinski definition) is 34. The van der Waals surface area contributed by atoms with Gasteiger partial charge in [0, 0.05) is 31.4 Å². The van der Waals surface area contributed by atoms with Crippen molar-refractivity contribution in [3.05, 3.63) is 35.9 Å². The molecule has 0 unspecified atom stereocenters. The Labute approximate surface area is 861 Å². The van der Waals surface area contributed by atoms with Crippen LogP contribution in [0.2, 0.25) is 0 Å². The van der Waals surface area contributed by atoms with Crippen LogP contribution >= 0.6 is 24.4 Å². The van der Waals surface area contributed by atoms with E-state index in [0.717, 1.165) is 13.8 Å². The van der Waals surface area contributed by atoms with Gasteiger partial charge in [-0.1, -0.05) is 71.9 Å². The van der Waals surface area contributed by atoms with Crippen LogP contribution in [0.25, 0.3) is 0 Å². The fourth-order valence-corrected chi connectivity index (χ4v) is 14.6. The number of carbonyl (C=O) groups is 25. The lowest BCUT2D eigenvalue weighted by Gasteiger charge is -2.29. The lowest BCUT2D eigenvalue weighted by molar-refractivity contribution is -0.144. The summed E-state index contributed by atoms with van der Waals surface area (Å²) >= 11 is 5.41. The third-order valence-corrected chi connectivity index (χ3v) is 22.9. The number of rotatable bonds is 75. The number of carbonyl (C=O) groups excluding carboxylic acids is 20. The lowest BCUT2D eigenvalue weighted by Crippen LogP contribution is -2.63. The highest BCUT2D eigenvalue weighted by Gasteiger charge is 2.42. The van der Waals surface area contributed by atoms with Crippen molar-refractivity contribution in [2.45, 2.75) is 298 Å². The highest BCUT2D eigenvalue weighted by Crippen LogP contribution is 2.17. The predicted octanol–water partition coefficient (Wildman–Crippen LogP) is -11.7. The molecule has 0 aliphatic heterocycles. The lowest BCUT2D eigenvalue weighted by atomic mass is 9.99. The van der Waals surface area contributed by atoms with Crippen LogP contribution in [-0.2, 0) is 126 Å². The third kappa shape index (κ3) is 51.6. The van der Waals surface area contributed by atoms with Gasteiger partial charge in [0.2, 0.25) is 118 Å². The molecule has 0 bridgehead atoms. The van der Waals surface area contributed by atoms with Crippen molar-refractivity contribution >= 4 is 172 Å². The molecule has 148 heavy (non-hydrogen) atoms. The maximum absolute atomic E-state index is 14.6. The first-order chi connectivity index (χ1) is 69.4. The van der Waals surface area contributed by atoms with E-state index < -0.39 is 370 Å². The van der Waals surface area contributed by atoms with Crippen molar-refractivity contribution in [3.8, 4) is 0 Å². The van der Waals surface area contributed by atoms with E-state index in [2.05, 4.69) is 97.7 Å². The van der Waals surface area contributed by atoms with Crippen molar-refractivity contribution in [1.82, 2.24) is 95.7 Å². The molecule has 1 aromatic rings. The zero-order valence-corrected chi connectivity index (χ0v) is 85.2. The van der Waals surface area contributed by atoms with E-state index in [-0.39, 0.29) is 70.9 Å². The molecule has 0 aliphatic rings. The molecule has 1 rings (SSSR count). The SMILES string of the molecule is CSCC[C@H](N)C(=O)N[C@@H](CO)C(=O)N[C@@H](CC(N)=O)C(=O)N[C@H](C(=O)N[C@@H](CS)C(=O)N[C@@H](CC(=O)O)C(=O)N[C@@H](CCC(=O)O)C(=O)N[C@@H](CCCCN)C(=O)N[C@H](C(=O)N[C@@H](CCC(N)=O)C(=O)N[C@@H](CO)C(=O)N[C@@H](CC(C)C)C(=O)NCC(=O)N[C@H](C(=O)N[C@@H](CCCCN)C(=O)N[C@@H](Cc1ccccc1)C(=O)N[C@@H](CC(C)C)C(=O)N[C@@H](CC(=O)O)C(=O)N[C@@H](CCC(=O)O)C(=O)O)C(C)C)[C@@H](C)O)[C@@H](C)O. The molecule has 0 saturated carbocycles. The van der Waals surface area contributed by atoms with Gasteiger partial charge in [-0.15, -0.1) is 0 Å². The second-order valence-corrected chi connectivity index (χ2v) is 37.2. The molecule has 0 aliphatic carbocycles. The average Bonchev–Trinajstić information content (AvgIpc) is 0.842. The molecule has 0 fully saturated rings. The van der Waals surface area contributed by atoms with E-state index in [0.29, 0.717) is 17.7 Å². The summed E-state index contributed by atoms with van der Waals surface area (Å²) in [4.78, 5) is 336. The summed E-state index contributed by atoms with van der Waals surface area (Å²) < 4.78 is 0. The Morgan fingerprint density at radius 2 is 0.662 bits per heavy atom. The minimum atomic E-state index is -2.24. The summed E-state index contributed by atoms with van der Waals surface area (Å²) in [6.07, 6.45) is -10.4. The van der Waals surface area contributed by atoms with Gasteiger partial charge in [0.25, 0.3) is 0 Å². The van der Waals surface area contributed by atoms with Crippen LogP contribution in [0.5, 0.6) is 0 Å². The molecule has 59 heteroatoms. The summed E-state index contributed by atoms with van der Waals surface area (Å²) in [6, 6.07) is -24.5. The molecule has 1 aromatic carbocycles. The van der Waals surface area contributed by atoms with Gasteiger partial charge in [0.05, 0.1) is 57.3 Å². The second-order valence-electron chi connectivity index (χ2n) is 35.8. The Balaban J connectivity index is 3.61. The van der Waals surface area contributed by atoms with Crippen LogP contribution in [0, 0.1) is 17.8 Å². The Morgan fingerprint density at radius 3 is 1.05 bits per heavy atom. The number of hydrogen-bond donors (Lipinski definition) is 33. The van der Waals surface area contributed by atoms with Crippen molar-refractivity contribution in [2.75, 3.05) is 50.6 Å². The van der Waals surface area contributed by atoms with E-state index in [1.54, 1.807) is 64.3 Å². The van der Waals surface area contributed by atoms with Crippen LogP contribution in [0.15, 0.2) is 30.3 Å². The summed E-state index contributed by atoms with van der Waals surface area (Å²) in [5.74, 6) is -34.2. The minimum absolute atomic E-state index is 0.0164. The number of thiol groups is 1. The number of aliphatic hydroxyl groups excluding tert-OH is 4. The third-order valence-electron chi connectivity index (χ3n) is 21.9. The Kier molecular flexibility index (Phi) is 62.2. The number of thioether (sulfide) groups is 1. The molecule has 0 heterocycles. The molecule has 37 N–H and O–H groups in total. The summed E-state index contributed by atoms with van der Waals surface area (Å²) in [7, 11) is 0. The van der Waals surface area contributed by atoms with Gasteiger partial charge in [-0.3, -0.25) is 115 Å². The second kappa shape index (κ2) is 69.5. The largest absolute Gasteiger partial charge is 0.481 e. The number of nitrogens with two attached hydrogens (primary N) is 5. The smallest absolute Gasteiger partial charge is 0.326 e. The monoisotopic (exact) mass is 2140 g/mol. The van der Waals surface area contributed by atoms with E-state index >= 15 is 0 Å². The molecule has 0 spiro atoms. The van der Waals surface area contributed by atoms with Gasteiger partial charge < -0.3 is 170 Å². The standard InChI is InChI=1S/C89H145N23O34S2/c1-41(2)31-53(73(129)95-37-64(119)110-69(43(5)6)86(142)98-48(19-13-15-28-90)74(130)103-55(33-46-17-11-10-12-18-46)79(135)102-54(32-42(3)4)78(134)105-58(36-68(126)127)81(137)100-52(89(145)146)23-26-66(122)123)101-84(140)60(39-114)108-76(132)50(21-24-62(93)117)99-87(143)70(44(7)115)111-77(133)49(20-14-16-29-91)96-75(131)51(22-25-65(120)121)97-80(136)57(35-67(124)125)106-85(141)61(40-147)109-88(144)71(45(8)116)112-82(138)56(34-63(94)118)104-83(139)59(38-113)107-72(128)47(92)27-30-148-9/h10-12,17-18,41-45,47-61,69-71,113-116,147H,13-16,19-40,90-92H2,1-9H3,(H2,93,117)(H2,94,118)(H,95,129)(H,96,131)(H,97,136)(H,98,142)(H,99,143)(H,100,137)(H,101,140)(H,102,135)(H,103,130)(H,104,139)(H,105,134)(H,106,141)(H,107,128)(H,108,132)(H,109,144)(H,110,119)(H,111,133)(H,112,138)(H,120,121)(H,122,123)(H,124,125)(H,126,127)(H,145,146)/t44-,45-,47+,48+,49+,50+,51+,52+,53+,54+,55+,56+,57+,58+,59+,60+,61+,69+,70+,71+/m1/s1. The first-order valence-corrected chi connectivity index (χ1v) is 49.4. The Morgan fingerprint density at radius 1 is 0.338 bits per heavy atom. The minimum Gasteiger partial charge on any atom is -0.481 e. The normalized spacial score (nSPS) is 15.2. The molecule has 20 amide bonds. The number of amides is 20. The number of unbranched alkanes of at least 4 members (excludes halogenated alkanes) is 2. The highest BCUT2D eigenvalue weighted by atomic mass is 32.2. The Bertz CT molecular complexity index is 4680. The molecule has 57 nitrogen and oxygen atoms in total. The topological polar surface area (TPSA) is 955 Å². The van der Waals surface area contributed by atoms with Crippen molar-refractivity contribution in [3.63, 3.8) is 0 Å². The van der Waals surface area contributed by atoms with E-state index in [9.17, 15) is 161 Å². The summed E-state index contributed by atoms with van der Waals surface area (Å²) in [5.41, 5.74) is 28.6. The first kappa shape index (κ1) is 132. The van der Waals surface area contributed by atoms with E-state index in [1.165, 1.54) is 25.6 Å². The van der Waals surface area contributed by atoms with Crippen LogP contribution in [0.4, 0.5) is 0 Å². The number of aliphatic carboxylic acids is 5. The highest BCUT2D eigenvalue weighted by molar-refractivity contribution is 7.98. The number of primary amides is 2. The van der Waals surface area contributed by atoms with E-state index in [4.69, 9.17) is 33.8 Å². The van der Waals surface area contributed by atoms with Crippen LogP contribution in [0.3, 0.4) is 0 Å². The molecule has 20 atom stereocenters. The number of aliphatic hydroxyl groups is 4. The van der Waals surface area contributed by atoms with Gasteiger partial charge in [-0.05, 0) is 139 Å². The van der Waals surface area contributed by atoms with Crippen LogP contribution < -0.4 is 124 Å². The zero-order valence-electron chi connectivity index (χ0n) is 83.5. The number of nitrogens with one attached hydrogen (secondary N) is 18. The number of carboxylic acids is 5. The van der Waals surface area contributed by atoms with E-state index in [1.807, 2.05) is 10.6 Å². The molecular weight excluding hydrogens is 2000 g/mol. The van der Waals surface area contributed by atoms with Gasteiger partial charge >= 0.3 is 29.8 Å². The first-order valence-electron chi connectivity index (χ1n) is 47.4. The van der Waals surface area contributed by atoms with Gasteiger partial charge in [0.15, 0.2) is 0 Å². The molecule has 0 radical (unpaired) electrons. The van der Waals surface area contributed by atoms with Gasteiger partial charge in [-0.2, -0.15) is 24.4 Å². The van der Waals surface area contributed by atoms with Crippen molar-refractivity contribution in [1.29, 1.82) is 0 Å². The summed E-state index contributed by atoms with van der Waals surface area (Å²) in [6.45, 7) is 8.38. The quantitative estimate of drug-likeness (QED) is 0.0213. The Hall–Kier alpha value is -13.6. The maximum atomic E-state index is 14.6. The molecule has 832 valence electrons. The molecular formula is C89H145N23O34S2. The number of benzene rings is 1. The zero-order chi connectivity index (χ0) is 113. The van der Waals surface area contributed by atoms with Gasteiger partial charge in [-0.25, -0.2) is 4.79 Å².